The van der Waals surface area contributed by atoms with Crippen LogP contribution in [0, 0.1) is 11.3 Å². The van der Waals surface area contributed by atoms with Gasteiger partial charge in [-0.2, -0.15) is 0 Å². The average Bonchev–Trinajstić information content (AvgIpc) is 3.28. The molecule has 1 aromatic carbocycles. The molecule has 29 heavy (non-hydrogen) atoms. The summed E-state index contributed by atoms with van der Waals surface area (Å²) in [6, 6.07) is 6.55. The van der Waals surface area contributed by atoms with E-state index in [2.05, 4.69) is 11.0 Å². The lowest BCUT2D eigenvalue weighted by Gasteiger charge is -2.69. The van der Waals surface area contributed by atoms with Gasteiger partial charge in [-0.25, -0.2) is 0 Å². The van der Waals surface area contributed by atoms with Crippen molar-refractivity contribution >= 4 is 18.1 Å². The van der Waals surface area contributed by atoms with Crippen molar-refractivity contribution in [3.63, 3.8) is 0 Å². The quantitative estimate of drug-likeness (QED) is 0.580. The van der Waals surface area contributed by atoms with Crippen LogP contribution in [0.25, 0.3) is 0 Å². The summed E-state index contributed by atoms with van der Waals surface area (Å²) in [6.45, 7) is 2.15. The highest BCUT2D eigenvalue weighted by atomic mass is 16.5. The number of ether oxygens (including phenoxy) is 2. The molecular formula is C23H28N2O4. The average molecular weight is 396 g/mol. The van der Waals surface area contributed by atoms with Crippen LogP contribution in [0.15, 0.2) is 18.2 Å². The number of fused-ring (bicyclic) bond motifs is 3. The number of carbonyl (C=O) groups is 2. The number of anilines is 1. The second-order valence-electron chi connectivity index (χ2n) is 9.66. The van der Waals surface area contributed by atoms with Crippen molar-refractivity contribution in [1.29, 1.82) is 0 Å². The minimum Gasteiger partial charge on any atom is -0.495 e. The van der Waals surface area contributed by atoms with Gasteiger partial charge in [0.15, 0.2) is 0 Å². The lowest BCUT2D eigenvalue weighted by atomic mass is 9.38. The molecule has 0 radical (unpaired) electrons. The standard InChI is InChI=1S/C23H28N2O4/c1-28-17-6-3-5-15-18(17)25(14-26)23-9-8-21(13-16(23)19(27)29-2)7-4-11-24-12-10-22(15,23)20(21)24/h3,5-6,14,16,20H,4,7-13H2,1-2H3/t16-,20-,21+,22+,23-/m1/s1. The third kappa shape index (κ3) is 1.68. The predicted octanol–water partition coefficient (Wildman–Crippen LogP) is 2.49. The Hall–Kier alpha value is -2.08. The molecule has 154 valence electrons. The second kappa shape index (κ2) is 5.54. The molecule has 3 aliphatic carbocycles. The number of nitrogens with zero attached hydrogens (tertiary/aromatic N) is 2. The van der Waals surface area contributed by atoms with Gasteiger partial charge in [0.05, 0.1) is 31.4 Å². The highest BCUT2D eigenvalue weighted by Crippen LogP contribution is 2.76. The molecule has 6 nitrogen and oxygen atoms in total. The Balaban J connectivity index is 1.70. The maximum atomic E-state index is 13.2. The third-order valence-electron chi connectivity index (χ3n) is 9.25. The Labute approximate surface area is 171 Å². The van der Waals surface area contributed by atoms with Gasteiger partial charge in [-0.15, -0.1) is 0 Å². The van der Waals surface area contributed by atoms with E-state index in [1.54, 1.807) is 7.11 Å². The van der Waals surface area contributed by atoms with Gasteiger partial charge in [-0.1, -0.05) is 12.1 Å². The molecule has 1 aromatic rings. The lowest BCUT2D eigenvalue weighted by Crippen LogP contribution is -2.78. The molecule has 6 aliphatic rings. The number of piperidine rings is 1. The molecule has 0 N–H and O–H groups in total. The molecule has 2 bridgehead atoms. The summed E-state index contributed by atoms with van der Waals surface area (Å²) in [5.41, 5.74) is 1.43. The molecular weight excluding hydrogens is 368 g/mol. The van der Waals surface area contributed by atoms with Crippen molar-refractivity contribution in [3.05, 3.63) is 23.8 Å². The van der Waals surface area contributed by atoms with Crippen molar-refractivity contribution in [2.75, 3.05) is 32.2 Å². The van der Waals surface area contributed by atoms with E-state index in [9.17, 15) is 9.59 Å². The Morgan fingerprint density at radius 3 is 2.79 bits per heavy atom. The van der Waals surface area contributed by atoms with E-state index in [0.717, 1.165) is 56.6 Å². The fourth-order valence-corrected chi connectivity index (χ4v) is 8.65. The van der Waals surface area contributed by atoms with E-state index in [4.69, 9.17) is 9.47 Å². The molecule has 0 unspecified atom stereocenters. The number of esters is 1. The zero-order valence-corrected chi connectivity index (χ0v) is 17.1. The molecule has 2 saturated heterocycles. The fourth-order valence-electron chi connectivity index (χ4n) is 8.65. The van der Waals surface area contributed by atoms with Crippen molar-refractivity contribution in [2.45, 2.75) is 55.5 Å². The Kier molecular flexibility index (Phi) is 3.39. The van der Waals surface area contributed by atoms with E-state index < -0.39 is 5.54 Å². The van der Waals surface area contributed by atoms with Crippen LogP contribution >= 0.6 is 0 Å². The van der Waals surface area contributed by atoms with Gasteiger partial charge in [-0.3, -0.25) is 14.5 Å². The van der Waals surface area contributed by atoms with Gasteiger partial charge in [0.2, 0.25) is 6.41 Å². The Bertz CT molecular complexity index is 918. The smallest absolute Gasteiger partial charge is 0.311 e. The number of rotatable bonds is 3. The first kappa shape index (κ1) is 17.8. The molecule has 3 aliphatic heterocycles. The summed E-state index contributed by atoms with van der Waals surface area (Å²) in [4.78, 5) is 30.4. The topological polar surface area (TPSA) is 59.1 Å². The third-order valence-corrected chi connectivity index (χ3v) is 9.25. The van der Waals surface area contributed by atoms with Gasteiger partial charge in [-0.05, 0) is 68.7 Å². The van der Waals surface area contributed by atoms with Crippen LogP contribution in [0.3, 0.4) is 0 Å². The number of methoxy groups -OCH3 is 2. The fraction of sp³-hybridized carbons (Fsp3) is 0.652. The van der Waals surface area contributed by atoms with E-state index in [-0.39, 0.29) is 22.7 Å². The van der Waals surface area contributed by atoms with Gasteiger partial charge < -0.3 is 14.4 Å². The van der Waals surface area contributed by atoms with E-state index >= 15 is 0 Å². The lowest BCUT2D eigenvalue weighted by molar-refractivity contribution is -0.175. The summed E-state index contributed by atoms with van der Waals surface area (Å²) in [5, 5.41) is 0. The molecule has 5 fully saturated rings. The molecule has 3 heterocycles. The number of benzene rings is 1. The van der Waals surface area contributed by atoms with Crippen molar-refractivity contribution in [1.82, 2.24) is 4.90 Å². The minimum atomic E-state index is -0.558. The molecule has 6 heteroatoms. The van der Waals surface area contributed by atoms with Gasteiger partial charge in [0.25, 0.3) is 0 Å². The highest BCUT2D eigenvalue weighted by molar-refractivity contribution is 5.93. The zero-order valence-electron chi connectivity index (χ0n) is 17.1. The van der Waals surface area contributed by atoms with Crippen LogP contribution in [-0.4, -0.2) is 56.2 Å². The Morgan fingerprint density at radius 1 is 1.17 bits per heavy atom. The minimum absolute atomic E-state index is 0.134. The SMILES string of the molecule is COC(=O)[C@H]1C[C@]23CCCN4CC[C@]5(c6cccc(OC)c6N(C=O)[C@]15CC2)[C@H]43. The van der Waals surface area contributed by atoms with Crippen LogP contribution in [0.1, 0.15) is 44.1 Å². The number of amides is 1. The van der Waals surface area contributed by atoms with Gasteiger partial charge in [0.1, 0.15) is 5.75 Å². The molecule has 7 rings (SSSR count). The van der Waals surface area contributed by atoms with E-state index in [0.29, 0.717) is 6.04 Å². The summed E-state index contributed by atoms with van der Waals surface area (Å²) in [6.07, 6.45) is 7.05. The highest BCUT2D eigenvalue weighted by Gasteiger charge is 2.81. The molecule has 0 aromatic heterocycles. The molecule has 3 saturated carbocycles. The number of carbonyl (C=O) groups excluding carboxylic acids is 2. The first-order valence-corrected chi connectivity index (χ1v) is 10.8. The molecule has 5 atom stereocenters. The Morgan fingerprint density at radius 2 is 2.03 bits per heavy atom. The van der Waals surface area contributed by atoms with Crippen molar-refractivity contribution in [2.24, 2.45) is 11.3 Å². The largest absolute Gasteiger partial charge is 0.495 e. The summed E-state index contributed by atoms with van der Waals surface area (Å²) in [7, 11) is 3.15. The van der Waals surface area contributed by atoms with E-state index in [1.807, 2.05) is 17.0 Å². The maximum Gasteiger partial charge on any atom is 0.311 e. The number of hydrogen-bond donors (Lipinski definition) is 0. The number of para-hydroxylation sites is 1. The van der Waals surface area contributed by atoms with Gasteiger partial charge in [0, 0.05) is 11.5 Å². The summed E-state index contributed by atoms with van der Waals surface area (Å²) in [5.74, 6) is 0.269. The van der Waals surface area contributed by atoms with Crippen LogP contribution in [0.5, 0.6) is 5.75 Å². The first-order valence-electron chi connectivity index (χ1n) is 10.8. The van der Waals surface area contributed by atoms with Crippen LogP contribution in [-0.2, 0) is 19.7 Å². The molecule has 1 amide bonds. The monoisotopic (exact) mass is 396 g/mol. The van der Waals surface area contributed by atoms with Crippen LogP contribution in [0.2, 0.25) is 0 Å². The van der Waals surface area contributed by atoms with Gasteiger partial charge >= 0.3 is 5.97 Å². The van der Waals surface area contributed by atoms with Crippen LogP contribution < -0.4 is 9.64 Å². The second-order valence-corrected chi connectivity index (χ2v) is 9.66. The van der Waals surface area contributed by atoms with E-state index in [1.165, 1.54) is 25.5 Å². The predicted molar refractivity (Wildman–Crippen MR) is 107 cm³/mol. The maximum absolute atomic E-state index is 13.2. The van der Waals surface area contributed by atoms with Crippen LogP contribution in [0.4, 0.5) is 5.69 Å². The van der Waals surface area contributed by atoms with Crippen molar-refractivity contribution < 1.29 is 19.1 Å². The zero-order chi connectivity index (χ0) is 20.0. The first-order chi connectivity index (χ1) is 14.1. The number of hydrogen-bond acceptors (Lipinski definition) is 5. The summed E-state index contributed by atoms with van der Waals surface area (Å²) < 4.78 is 11.1. The normalized spacial score (nSPS) is 41.5. The van der Waals surface area contributed by atoms with Crippen molar-refractivity contribution in [3.8, 4) is 5.75 Å². The summed E-state index contributed by atoms with van der Waals surface area (Å²) >= 11 is 0. The molecule has 3 spiro atoms.